The average Bonchev–Trinajstić information content (AvgIpc) is 3.15. The number of amides is 1. The molecule has 7 heteroatoms. The van der Waals surface area contributed by atoms with Crippen LogP contribution in [-0.4, -0.2) is 39.2 Å². The fraction of sp³-hybridized carbons (Fsp3) is 0.200. The van der Waals surface area contributed by atoms with E-state index in [4.69, 9.17) is 9.47 Å². The molecular weight excluding hydrogens is 362 g/mol. The Morgan fingerprint density at radius 1 is 1.07 bits per heavy atom. The van der Waals surface area contributed by atoms with E-state index in [9.17, 15) is 4.79 Å². The summed E-state index contributed by atoms with van der Waals surface area (Å²) in [6.07, 6.45) is 0. The highest BCUT2D eigenvalue weighted by molar-refractivity contribution is 7.14. The van der Waals surface area contributed by atoms with Gasteiger partial charge in [0.1, 0.15) is 0 Å². The van der Waals surface area contributed by atoms with E-state index in [1.165, 1.54) is 11.3 Å². The molecule has 27 heavy (non-hydrogen) atoms. The predicted molar refractivity (Wildman–Crippen MR) is 109 cm³/mol. The number of carbonyl (C=O) groups excluding carboxylic acids is 1. The zero-order valence-corrected chi connectivity index (χ0v) is 16.5. The van der Waals surface area contributed by atoms with Gasteiger partial charge in [-0.05, 0) is 36.4 Å². The van der Waals surface area contributed by atoms with Crippen LogP contribution >= 0.6 is 11.3 Å². The number of hydrogen-bond acceptors (Lipinski definition) is 6. The van der Waals surface area contributed by atoms with Crippen LogP contribution in [0.1, 0.15) is 10.4 Å². The number of thiazole rings is 1. The molecule has 0 fully saturated rings. The van der Waals surface area contributed by atoms with Crippen molar-refractivity contribution in [1.82, 2.24) is 4.98 Å². The molecule has 0 aliphatic rings. The third-order valence-electron chi connectivity index (χ3n) is 4.03. The molecule has 0 radical (unpaired) electrons. The van der Waals surface area contributed by atoms with E-state index in [-0.39, 0.29) is 5.91 Å². The van der Waals surface area contributed by atoms with Crippen molar-refractivity contribution in [1.29, 1.82) is 0 Å². The quantitative estimate of drug-likeness (QED) is 0.693. The monoisotopic (exact) mass is 383 g/mol. The Hall–Kier alpha value is -3.06. The van der Waals surface area contributed by atoms with Crippen LogP contribution in [0.5, 0.6) is 11.5 Å². The van der Waals surface area contributed by atoms with E-state index in [0.717, 1.165) is 16.9 Å². The number of anilines is 2. The number of nitrogens with zero attached hydrogens (tertiary/aromatic N) is 2. The molecule has 140 valence electrons. The number of aromatic nitrogens is 1. The van der Waals surface area contributed by atoms with Gasteiger partial charge in [0, 0.05) is 36.3 Å². The fourth-order valence-corrected chi connectivity index (χ4v) is 3.27. The van der Waals surface area contributed by atoms with Crippen LogP contribution in [0.15, 0.2) is 47.8 Å². The second-order valence-electron chi connectivity index (χ2n) is 6.01. The number of carbonyl (C=O) groups is 1. The Morgan fingerprint density at radius 3 is 2.56 bits per heavy atom. The largest absolute Gasteiger partial charge is 0.493 e. The number of benzene rings is 2. The molecule has 0 saturated carbocycles. The van der Waals surface area contributed by atoms with Gasteiger partial charge in [-0.15, -0.1) is 11.3 Å². The van der Waals surface area contributed by atoms with Crippen LogP contribution in [-0.2, 0) is 0 Å². The van der Waals surface area contributed by atoms with Crippen molar-refractivity contribution in [3.8, 4) is 22.8 Å². The van der Waals surface area contributed by atoms with E-state index >= 15 is 0 Å². The minimum absolute atomic E-state index is 0.188. The zero-order chi connectivity index (χ0) is 19.4. The first-order chi connectivity index (χ1) is 13.0. The zero-order valence-electron chi connectivity index (χ0n) is 15.6. The van der Waals surface area contributed by atoms with Gasteiger partial charge >= 0.3 is 0 Å². The second kappa shape index (κ2) is 8.09. The number of hydrogen-bond donors (Lipinski definition) is 1. The molecule has 0 aliphatic carbocycles. The summed E-state index contributed by atoms with van der Waals surface area (Å²) in [5, 5.41) is 5.30. The first-order valence-electron chi connectivity index (χ1n) is 8.28. The van der Waals surface area contributed by atoms with Gasteiger partial charge in [0.05, 0.1) is 19.9 Å². The van der Waals surface area contributed by atoms with E-state index < -0.39 is 0 Å². The number of ether oxygens (including phenoxy) is 2. The van der Waals surface area contributed by atoms with Crippen molar-refractivity contribution in [2.24, 2.45) is 0 Å². The highest BCUT2D eigenvalue weighted by Crippen LogP contribution is 2.33. The Morgan fingerprint density at radius 2 is 1.85 bits per heavy atom. The molecule has 1 heterocycles. The maximum absolute atomic E-state index is 12.5. The summed E-state index contributed by atoms with van der Waals surface area (Å²) >= 11 is 1.38. The molecule has 0 saturated heterocycles. The SMILES string of the molecule is COc1ccc(-c2csc(NC(=O)c3cccc(N(C)C)c3)n2)cc1OC. The summed E-state index contributed by atoms with van der Waals surface area (Å²) < 4.78 is 10.6. The maximum Gasteiger partial charge on any atom is 0.257 e. The molecule has 0 bridgehead atoms. The average molecular weight is 383 g/mol. The van der Waals surface area contributed by atoms with Crippen LogP contribution in [0.25, 0.3) is 11.3 Å². The molecule has 0 atom stereocenters. The molecule has 3 aromatic rings. The van der Waals surface area contributed by atoms with Gasteiger partial charge in [0.2, 0.25) is 0 Å². The van der Waals surface area contributed by atoms with E-state index in [1.807, 2.05) is 60.8 Å². The lowest BCUT2D eigenvalue weighted by atomic mass is 10.1. The standard InChI is InChI=1S/C20H21N3O3S/c1-23(2)15-7-5-6-14(10-15)19(24)22-20-21-16(12-27-20)13-8-9-17(25-3)18(11-13)26-4/h5-12H,1-4H3,(H,21,22,24). The Balaban J connectivity index is 1.78. The smallest absolute Gasteiger partial charge is 0.257 e. The van der Waals surface area contributed by atoms with Crippen molar-refractivity contribution in [2.75, 3.05) is 38.5 Å². The molecule has 6 nitrogen and oxygen atoms in total. The minimum Gasteiger partial charge on any atom is -0.493 e. The van der Waals surface area contributed by atoms with Crippen LogP contribution in [0, 0.1) is 0 Å². The molecule has 0 spiro atoms. The molecular formula is C20H21N3O3S. The van der Waals surface area contributed by atoms with Crippen molar-refractivity contribution in [3.63, 3.8) is 0 Å². The maximum atomic E-state index is 12.5. The summed E-state index contributed by atoms with van der Waals surface area (Å²) in [6.45, 7) is 0. The van der Waals surface area contributed by atoms with E-state index in [1.54, 1.807) is 20.3 Å². The van der Waals surface area contributed by atoms with Crippen molar-refractivity contribution in [3.05, 3.63) is 53.4 Å². The van der Waals surface area contributed by atoms with Crippen molar-refractivity contribution in [2.45, 2.75) is 0 Å². The van der Waals surface area contributed by atoms with Gasteiger partial charge in [-0.1, -0.05) is 6.07 Å². The van der Waals surface area contributed by atoms with Gasteiger partial charge in [-0.25, -0.2) is 4.98 Å². The van der Waals surface area contributed by atoms with Gasteiger partial charge in [-0.3, -0.25) is 10.1 Å². The van der Waals surface area contributed by atoms with Crippen LogP contribution in [0.3, 0.4) is 0 Å². The lowest BCUT2D eigenvalue weighted by Crippen LogP contribution is -2.14. The molecule has 1 amide bonds. The van der Waals surface area contributed by atoms with Gasteiger partial charge in [0.25, 0.3) is 5.91 Å². The van der Waals surface area contributed by atoms with Crippen molar-refractivity contribution >= 4 is 28.1 Å². The normalized spacial score (nSPS) is 10.4. The first kappa shape index (κ1) is 18.7. The van der Waals surface area contributed by atoms with Gasteiger partial charge in [-0.2, -0.15) is 0 Å². The third kappa shape index (κ3) is 4.20. The summed E-state index contributed by atoms with van der Waals surface area (Å²) in [7, 11) is 7.07. The molecule has 3 rings (SSSR count). The number of rotatable bonds is 6. The number of nitrogens with one attached hydrogen (secondary N) is 1. The fourth-order valence-electron chi connectivity index (χ4n) is 2.55. The van der Waals surface area contributed by atoms with Gasteiger partial charge < -0.3 is 14.4 Å². The Kier molecular flexibility index (Phi) is 5.61. The summed E-state index contributed by atoms with van der Waals surface area (Å²) in [6, 6.07) is 13.0. The number of methoxy groups -OCH3 is 2. The summed E-state index contributed by atoms with van der Waals surface area (Å²) in [4.78, 5) is 19.0. The second-order valence-corrected chi connectivity index (χ2v) is 6.86. The first-order valence-corrected chi connectivity index (χ1v) is 9.16. The summed E-state index contributed by atoms with van der Waals surface area (Å²) in [5.41, 5.74) is 3.20. The van der Waals surface area contributed by atoms with E-state index in [0.29, 0.717) is 22.2 Å². The molecule has 1 aromatic heterocycles. The van der Waals surface area contributed by atoms with Crippen LogP contribution in [0.2, 0.25) is 0 Å². The Bertz CT molecular complexity index is 953. The van der Waals surface area contributed by atoms with Gasteiger partial charge in [0.15, 0.2) is 16.6 Å². The minimum atomic E-state index is -0.188. The van der Waals surface area contributed by atoms with Crippen LogP contribution in [0.4, 0.5) is 10.8 Å². The lowest BCUT2D eigenvalue weighted by Gasteiger charge is -2.13. The third-order valence-corrected chi connectivity index (χ3v) is 4.79. The lowest BCUT2D eigenvalue weighted by molar-refractivity contribution is 0.102. The van der Waals surface area contributed by atoms with E-state index in [2.05, 4.69) is 10.3 Å². The molecule has 0 aliphatic heterocycles. The molecule has 0 unspecified atom stereocenters. The predicted octanol–water partition coefficient (Wildman–Crippen LogP) is 4.15. The summed E-state index contributed by atoms with van der Waals surface area (Å²) in [5.74, 6) is 1.10. The van der Waals surface area contributed by atoms with Crippen LogP contribution < -0.4 is 19.7 Å². The highest BCUT2D eigenvalue weighted by Gasteiger charge is 2.12. The van der Waals surface area contributed by atoms with Crippen molar-refractivity contribution < 1.29 is 14.3 Å². The molecule has 2 aromatic carbocycles. The highest BCUT2D eigenvalue weighted by atomic mass is 32.1. The molecule has 1 N–H and O–H groups in total. The topological polar surface area (TPSA) is 63.7 Å². The Labute approximate surface area is 162 Å².